The zero-order valence-corrected chi connectivity index (χ0v) is 13.0. The van der Waals surface area contributed by atoms with E-state index in [0.29, 0.717) is 6.61 Å². The van der Waals surface area contributed by atoms with Crippen molar-refractivity contribution in [3.8, 4) is 11.1 Å². The second kappa shape index (κ2) is 6.29. The minimum Gasteiger partial charge on any atom is -0.363 e. The fourth-order valence-electron chi connectivity index (χ4n) is 3.00. The normalized spacial score (nSPS) is 16.4. The highest BCUT2D eigenvalue weighted by Gasteiger charge is 2.27. The van der Waals surface area contributed by atoms with E-state index in [4.69, 9.17) is 4.74 Å². The number of nitrogens with one attached hydrogen (secondary N) is 2. The van der Waals surface area contributed by atoms with Crippen LogP contribution < -0.4 is 5.32 Å². The van der Waals surface area contributed by atoms with Gasteiger partial charge in [-0.05, 0) is 35.2 Å². The summed E-state index contributed by atoms with van der Waals surface area (Å²) in [5, 5.41) is 9.71. The number of rotatable bonds is 3. The maximum atomic E-state index is 12.7. The predicted octanol–water partition coefficient (Wildman–Crippen LogP) is 3.33. The average Bonchev–Trinajstić information content (AvgIpc) is 3.16. The fraction of sp³-hybridized carbons (Fsp3) is 0.158. The highest BCUT2D eigenvalue weighted by molar-refractivity contribution is 5.95. The molecule has 5 nitrogen and oxygen atoms in total. The number of hydrogen-bond donors (Lipinski definition) is 2. The van der Waals surface area contributed by atoms with Gasteiger partial charge in [0.1, 0.15) is 0 Å². The fourth-order valence-corrected chi connectivity index (χ4v) is 3.00. The molecule has 0 aliphatic carbocycles. The number of fused-ring (bicyclic) bond motifs is 1. The van der Waals surface area contributed by atoms with Crippen LogP contribution >= 0.6 is 0 Å². The number of amides is 1. The number of ether oxygens (including phenoxy) is 1. The van der Waals surface area contributed by atoms with E-state index in [-0.39, 0.29) is 5.91 Å². The van der Waals surface area contributed by atoms with Crippen LogP contribution in [0.2, 0.25) is 0 Å². The maximum Gasteiger partial charge on any atom is 0.258 e. The summed E-state index contributed by atoms with van der Waals surface area (Å²) in [6.45, 7) is 0.560. The second-order valence-corrected chi connectivity index (χ2v) is 5.76. The lowest BCUT2D eigenvalue weighted by Gasteiger charge is -2.25. The first-order valence-corrected chi connectivity index (χ1v) is 7.91. The number of anilines is 1. The first-order valence-electron chi connectivity index (χ1n) is 7.91. The van der Waals surface area contributed by atoms with Crippen molar-refractivity contribution >= 4 is 11.6 Å². The third-order valence-corrected chi connectivity index (χ3v) is 4.19. The van der Waals surface area contributed by atoms with E-state index in [1.165, 1.54) is 5.56 Å². The molecular formula is C19H17N3O2. The molecule has 120 valence electrons. The molecule has 0 saturated carbocycles. The number of H-pyrrole nitrogens is 1. The second-order valence-electron chi connectivity index (χ2n) is 5.76. The van der Waals surface area contributed by atoms with E-state index in [9.17, 15) is 4.79 Å². The van der Waals surface area contributed by atoms with Gasteiger partial charge >= 0.3 is 0 Å². The summed E-state index contributed by atoms with van der Waals surface area (Å²) in [5.74, 6) is -0.147. The summed E-state index contributed by atoms with van der Waals surface area (Å²) in [6, 6.07) is 15.6. The standard InChI is InChI=1S/C19H17N3O2/c23-19(18-17-7-2-1-4-13(17)8-9-24-18)22-16-6-3-5-14(10-16)15-11-20-21-12-15/h1-7,10-12,18H,8-9H2,(H,20,21)(H,22,23)/t18-/m1/s1. The minimum absolute atomic E-state index is 0.147. The van der Waals surface area contributed by atoms with Crippen LogP contribution in [0, 0.1) is 0 Å². The van der Waals surface area contributed by atoms with Gasteiger partial charge in [-0.1, -0.05) is 36.4 Å². The number of benzene rings is 2. The zero-order chi connectivity index (χ0) is 16.4. The molecule has 24 heavy (non-hydrogen) atoms. The quantitative estimate of drug-likeness (QED) is 0.778. The Morgan fingerprint density at radius 3 is 2.96 bits per heavy atom. The molecule has 1 amide bonds. The number of hydrogen-bond acceptors (Lipinski definition) is 3. The zero-order valence-electron chi connectivity index (χ0n) is 13.0. The van der Waals surface area contributed by atoms with E-state index in [2.05, 4.69) is 21.6 Å². The minimum atomic E-state index is -0.562. The van der Waals surface area contributed by atoms with E-state index in [1.807, 2.05) is 48.7 Å². The Kier molecular flexibility index (Phi) is 3.84. The van der Waals surface area contributed by atoms with Gasteiger partial charge in [-0.3, -0.25) is 9.89 Å². The van der Waals surface area contributed by atoms with Gasteiger partial charge in [-0.15, -0.1) is 0 Å². The van der Waals surface area contributed by atoms with Crippen molar-refractivity contribution in [2.24, 2.45) is 0 Å². The third-order valence-electron chi connectivity index (χ3n) is 4.19. The molecule has 3 aromatic rings. The lowest BCUT2D eigenvalue weighted by atomic mass is 9.97. The van der Waals surface area contributed by atoms with Crippen LogP contribution in [-0.4, -0.2) is 22.7 Å². The summed E-state index contributed by atoms with van der Waals surface area (Å²) in [4.78, 5) is 12.7. The Labute approximate surface area is 139 Å². The Morgan fingerprint density at radius 2 is 2.08 bits per heavy atom. The molecule has 4 rings (SSSR count). The van der Waals surface area contributed by atoms with Crippen LogP contribution in [0.5, 0.6) is 0 Å². The molecule has 2 heterocycles. The topological polar surface area (TPSA) is 67.0 Å². The van der Waals surface area contributed by atoms with Crippen LogP contribution in [0.1, 0.15) is 17.2 Å². The average molecular weight is 319 g/mol. The number of carbonyl (C=O) groups excluding carboxylic acids is 1. The van der Waals surface area contributed by atoms with E-state index < -0.39 is 6.10 Å². The number of aromatic amines is 1. The SMILES string of the molecule is O=C(Nc1cccc(-c2cn[nH]c2)c1)[C@@H]1OCCc2ccccc21. The van der Waals surface area contributed by atoms with Crippen LogP contribution in [0.4, 0.5) is 5.69 Å². The molecule has 2 N–H and O–H groups in total. The molecule has 0 fully saturated rings. The van der Waals surface area contributed by atoms with Crippen LogP contribution in [0.15, 0.2) is 60.9 Å². The molecule has 1 atom stereocenters. The summed E-state index contributed by atoms with van der Waals surface area (Å²) >= 11 is 0. The Morgan fingerprint density at radius 1 is 1.17 bits per heavy atom. The van der Waals surface area contributed by atoms with Crippen molar-refractivity contribution in [2.75, 3.05) is 11.9 Å². The van der Waals surface area contributed by atoms with Gasteiger partial charge in [0.25, 0.3) is 5.91 Å². The summed E-state index contributed by atoms with van der Waals surface area (Å²) in [5.41, 5.74) is 4.84. The molecule has 0 spiro atoms. The molecule has 1 aromatic heterocycles. The van der Waals surface area contributed by atoms with Gasteiger partial charge < -0.3 is 10.1 Å². The van der Waals surface area contributed by atoms with E-state index in [1.54, 1.807) is 6.20 Å². The van der Waals surface area contributed by atoms with Crippen molar-refractivity contribution in [1.82, 2.24) is 10.2 Å². The smallest absolute Gasteiger partial charge is 0.258 e. The number of aromatic nitrogens is 2. The maximum absolute atomic E-state index is 12.7. The summed E-state index contributed by atoms with van der Waals surface area (Å²) in [7, 11) is 0. The van der Waals surface area contributed by atoms with E-state index >= 15 is 0 Å². The van der Waals surface area contributed by atoms with Crippen molar-refractivity contribution in [3.05, 3.63) is 72.1 Å². The van der Waals surface area contributed by atoms with Crippen molar-refractivity contribution < 1.29 is 9.53 Å². The molecule has 0 radical (unpaired) electrons. The van der Waals surface area contributed by atoms with Crippen molar-refractivity contribution in [3.63, 3.8) is 0 Å². The Bertz CT molecular complexity index is 859. The van der Waals surface area contributed by atoms with Crippen LogP contribution in [0.3, 0.4) is 0 Å². The molecule has 0 saturated heterocycles. The molecule has 2 aromatic carbocycles. The Hall–Kier alpha value is -2.92. The first-order chi connectivity index (χ1) is 11.8. The lowest BCUT2D eigenvalue weighted by molar-refractivity contribution is -0.128. The van der Waals surface area contributed by atoms with Gasteiger partial charge in [-0.2, -0.15) is 5.10 Å². The predicted molar refractivity (Wildman–Crippen MR) is 91.5 cm³/mol. The molecule has 5 heteroatoms. The molecule has 0 bridgehead atoms. The van der Waals surface area contributed by atoms with Crippen LogP contribution in [-0.2, 0) is 16.0 Å². The van der Waals surface area contributed by atoms with Gasteiger partial charge in [0.05, 0.1) is 12.8 Å². The van der Waals surface area contributed by atoms with Gasteiger partial charge in [-0.25, -0.2) is 0 Å². The molecular weight excluding hydrogens is 302 g/mol. The third kappa shape index (κ3) is 2.81. The molecule has 1 aliphatic heterocycles. The summed E-state index contributed by atoms with van der Waals surface area (Å²) < 4.78 is 5.71. The largest absolute Gasteiger partial charge is 0.363 e. The first kappa shape index (κ1) is 14.7. The van der Waals surface area contributed by atoms with Crippen LogP contribution in [0.25, 0.3) is 11.1 Å². The summed E-state index contributed by atoms with van der Waals surface area (Å²) in [6.07, 6.45) is 3.85. The van der Waals surface area contributed by atoms with Gasteiger partial charge in [0.15, 0.2) is 6.10 Å². The highest BCUT2D eigenvalue weighted by Crippen LogP contribution is 2.29. The van der Waals surface area contributed by atoms with Crippen molar-refractivity contribution in [2.45, 2.75) is 12.5 Å². The van der Waals surface area contributed by atoms with Gasteiger partial charge in [0.2, 0.25) is 0 Å². The van der Waals surface area contributed by atoms with Gasteiger partial charge in [0, 0.05) is 17.4 Å². The lowest BCUT2D eigenvalue weighted by Crippen LogP contribution is -2.28. The number of nitrogens with zero attached hydrogens (tertiary/aromatic N) is 1. The monoisotopic (exact) mass is 319 g/mol. The highest BCUT2D eigenvalue weighted by atomic mass is 16.5. The molecule has 1 aliphatic rings. The van der Waals surface area contributed by atoms with E-state index in [0.717, 1.165) is 28.8 Å². The van der Waals surface area contributed by atoms with Crippen molar-refractivity contribution in [1.29, 1.82) is 0 Å². The Balaban J connectivity index is 1.56. The number of carbonyl (C=O) groups is 1. The molecule has 0 unspecified atom stereocenters.